The molecule has 0 amide bonds. The molecule has 1 saturated heterocycles. The monoisotopic (exact) mass is 482 g/mol. The van der Waals surface area contributed by atoms with Gasteiger partial charge in [0.1, 0.15) is 17.1 Å². The van der Waals surface area contributed by atoms with Crippen LogP contribution in [-0.4, -0.2) is 46.9 Å². The van der Waals surface area contributed by atoms with Gasteiger partial charge in [0.05, 0.1) is 16.6 Å². The molecule has 1 fully saturated rings. The van der Waals surface area contributed by atoms with E-state index in [0.717, 1.165) is 18.4 Å². The van der Waals surface area contributed by atoms with E-state index in [9.17, 15) is 13.3 Å². The van der Waals surface area contributed by atoms with E-state index in [4.69, 9.17) is 33.1 Å². The van der Waals surface area contributed by atoms with Gasteiger partial charge in [-0.1, -0.05) is 35.9 Å². The average Bonchev–Trinajstić information content (AvgIpc) is 2.67. The van der Waals surface area contributed by atoms with Crippen molar-refractivity contribution in [3.05, 3.63) is 40.4 Å². The Morgan fingerprint density at radius 3 is 2.47 bits per heavy atom. The molecule has 30 heavy (non-hydrogen) atoms. The van der Waals surface area contributed by atoms with Gasteiger partial charge >= 0.3 is 0 Å². The molecule has 0 aliphatic carbocycles. The van der Waals surface area contributed by atoms with Crippen molar-refractivity contribution in [3.8, 4) is 5.75 Å². The van der Waals surface area contributed by atoms with E-state index in [2.05, 4.69) is 6.58 Å². The van der Waals surface area contributed by atoms with Gasteiger partial charge in [-0.15, -0.1) is 0 Å². The van der Waals surface area contributed by atoms with Gasteiger partial charge in [-0.05, 0) is 63.2 Å². The smallest absolute Gasteiger partial charge is 0.251 e. The highest BCUT2D eigenvalue weighted by Gasteiger charge is 2.39. The Morgan fingerprint density at radius 2 is 1.93 bits per heavy atom. The van der Waals surface area contributed by atoms with Gasteiger partial charge < -0.3 is 9.29 Å². The van der Waals surface area contributed by atoms with E-state index in [0.29, 0.717) is 41.9 Å². The number of ether oxygens (including phenoxy) is 1. The average molecular weight is 483 g/mol. The molecule has 1 aromatic carbocycles. The Hall–Kier alpha value is -0.570. The largest absolute Gasteiger partial charge is 0.598 e. The summed E-state index contributed by atoms with van der Waals surface area (Å²) in [6.45, 7) is 8.68. The molecule has 1 aromatic rings. The maximum Gasteiger partial charge on any atom is 0.251 e. The Kier molecular flexibility index (Phi) is 9.71. The van der Waals surface area contributed by atoms with Crippen LogP contribution in [0.25, 0.3) is 0 Å². The first-order valence-electron chi connectivity index (χ1n) is 9.94. The Bertz CT molecular complexity index is 714. The molecule has 0 radical (unpaired) electrons. The minimum absolute atomic E-state index is 0.0595. The van der Waals surface area contributed by atoms with Crippen LogP contribution in [0.1, 0.15) is 44.6 Å². The maximum atomic E-state index is 12.8. The second kappa shape index (κ2) is 11.3. The first-order chi connectivity index (χ1) is 14.0. The van der Waals surface area contributed by atoms with Crippen LogP contribution in [-0.2, 0) is 11.4 Å². The van der Waals surface area contributed by atoms with Crippen molar-refractivity contribution in [2.75, 3.05) is 26.2 Å². The summed E-state index contributed by atoms with van der Waals surface area (Å²) >= 11 is 11.0. The lowest BCUT2D eigenvalue weighted by Crippen LogP contribution is -2.42. The highest BCUT2D eigenvalue weighted by Crippen LogP contribution is 2.45. The predicted octanol–water partition coefficient (Wildman–Crippen LogP) is 5.41. The molecule has 9 heteroatoms. The summed E-state index contributed by atoms with van der Waals surface area (Å²) < 4.78 is 42.9. The third kappa shape index (κ3) is 6.97. The van der Waals surface area contributed by atoms with Crippen LogP contribution < -0.4 is 9.88 Å². The summed E-state index contributed by atoms with van der Waals surface area (Å²) in [6.07, 6.45) is 1.32. The molecule has 1 heterocycles. The minimum Gasteiger partial charge on any atom is -0.598 e. The third-order valence-corrected chi connectivity index (χ3v) is 7.64. The molecule has 0 saturated carbocycles. The van der Waals surface area contributed by atoms with Gasteiger partial charge in [-0.2, -0.15) is 5.14 Å². The quantitative estimate of drug-likeness (QED) is 0.357. The topological polar surface area (TPSA) is 61.6 Å². The third-order valence-electron chi connectivity index (χ3n) is 5.66. The van der Waals surface area contributed by atoms with E-state index < -0.39 is 22.5 Å². The fourth-order valence-corrected chi connectivity index (χ4v) is 4.65. The van der Waals surface area contributed by atoms with Crippen molar-refractivity contribution in [2.24, 2.45) is 11.1 Å². The summed E-state index contributed by atoms with van der Waals surface area (Å²) in [7, 11) is 0. The molecule has 2 atom stereocenters. The Balaban J connectivity index is 2.37. The zero-order valence-corrected chi connectivity index (χ0v) is 19.7. The Labute approximate surface area is 191 Å². The van der Waals surface area contributed by atoms with Crippen LogP contribution in [0.2, 0.25) is 10.0 Å². The van der Waals surface area contributed by atoms with Gasteiger partial charge in [-0.25, -0.2) is 8.78 Å². The van der Waals surface area contributed by atoms with Gasteiger partial charge in [0.2, 0.25) is 0 Å². The fraction of sp³-hybridized carbons (Fsp3) is 0.619. The van der Waals surface area contributed by atoms with Crippen LogP contribution in [0.15, 0.2) is 24.8 Å². The first-order valence-corrected chi connectivity index (χ1v) is 11.9. The molecular weight excluding hydrogens is 453 g/mol. The molecule has 4 nitrogen and oxygen atoms in total. The molecule has 0 aromatic heterocycles. The lowest BCUT2D eigenvalue weighted by Gasteiger charge is -2.39. The second-order valence-electron chi connectivity index (χ2n) is 8.30. The zero-order chi connectivity index (χ0) is 22.5. The number of piperidine rings is 1. The fourth-order valence-electron chi connectivity index (χ4n) is 3.98. The first kappa shape index (κ1) is 25.7. The molecule has 170 valence electrons. The second-order valence-corrected chi connectivity index (χ2v) is 10.8. The van der Waals surface area contributed by atoms with Gasteiger partial charge in [-0.3, -0.25) is 4.90 Å². The SMILES string of the molecule is C=CCOc1cc(Cl)c(Cl)cc1C(CC(C)(C)[S+](N)[O-])C1CCN(CC(F)F)CC1. The number of nitrogens with zero attached hydrogens (tertiary/aromatic N) is 1. The number of alkyl halides is 2. The van der Waals surface area contributed by atoms with E-state index in [-0.39, 0.29) is 18.4 Å². The number of likely N-dealkylation sites (tertiary alicyclic amines) is 1. The summed E-state index contributed by atoms with van der Waals surface area (Å²) in [5, 5.41) is 6.55. The standard InChI is InChI=1S/C21H30Cl2F2N2O2S/c1-4-9-29-19-11-18(23)17(22)10-15(19)16(12-21(2,3)30(26)28)14-5-7-27(8-6-14)13-20(24)25/h4,10-11,14,16,20H,1,5-9,12-13,26H2,2-3H3. The molecule has 0 spiro atoms. The summed E-state index contributed by atoms with van der Waals surface area (Å²) in [4.78, 5) is 1.79. The minimum atomic E-state index is -2.34. The highest BCUT2D eigenvalue weighted by atomic mass is 35.5. The van der Waals surface area contributed by atoms with E-state index in [1.807, 2.05) is 13.8 Å². The van der Waals surface area contributed by atoms with Crippen molar-refractivity contribution in [1.82, 2.24) is 4.90 Å². The van der Waals surface area contributed by atoms with Crippen molar-refractivity contribution in [2.45, 2.75) is 50.2 Å². The van der Waals surface area contributed by atoms with Crippen LogP contribution in [0, 0.1) is 5.92 Å². The summed E-state index contributed by atoms with van der Waals surface area (Å²) in [5.74, 6) is 0.726. The molecule has 1 aliphatic heterocycles. The Morgan fingerprint density at radius 1 is 1.33 bits per heavy atom. The van der Waals surface area contributed by atoms with Gasteiger partial charge in [0.25, 0.3) is 6.43 Å². The number of rotatable bonds is 10. The maximum absolute atomic E-state index is 12.8. The summed E-state index contributed by atoms with van der Waals surface area (Å²) in [6, 6.07) is 3.49. The predicted molar refractivity (Wildman–Crippen MR) is 121 cm³/mol. The number of benzene rings is 1. The van der Waals surface area contributed by atoms with Crippen molar-refractivity contribution in [3.63, 3.8) is 0 Å². The van der Waals surface area contributed by atoms with Crippen LogP contribution in [0.3, 0.4) is 0 Å². The van der Waals surface area contributed by atoms with Crippen molar-refractivity contribution < 1.29 is 18.1 Å². The molecular formula is C21H30Cl2F2N2O2S. The van der Waals surface area contributed by atoms with Gasteiger partial charge in [0.15, 0.2) is 0 Å². The van der Waals surface area contributed by atoms with E-state index in [1.54, 1.807) is 23.1 Å². The van der Waals surface area contributed by atoms with E-state index >= 15 is 0 Å². The number of halogens is 4. The normalized spacial score (nSPS) is 18.4. The molecule has 2 rings (SSSR count). The lowest BCUT2D eigenvalue weighted by atomic mass is 9.75. The zero-order valence-electron chi connectivity index (χ0n) is 17.4. The van der Waals surface area contributed by atoms with Crippen LogP contribution in [0.4, 0.5) is 8.78 Å². The molecule has 2 unspecified atom stereocenters. The van der Waals surface area contributed by atoms with Gasteiger partial charge in [0, 0.05) is 23.8 Å². The number of hydrogen-bond donors (Lipinski definition) is 1. The molecule has 2 N–H and O–H groups in total. The summed E-state index contributed by atoms with van der Waals surface area (Å²) in [5.41, 5.74) is 0.872. The number of nitrogens with two attached hydrogens (primary N) is 1. The molecule has 1 aliphatic rings. The highest BCUT2D eigenvalue weighted by molar-refractivity contribution is 7.90. The lowest BCUT2D eigenvalue weighted by molar-refractivity contribution is 0.0647. The van der Waals surface area contributed by atoms with E-state index in [1.165, 1.54) is 0 Å². The van der Waals surface area contributed by atoms with Crippen molar-refractivity contribution >= 4 is 34.6 Å². The van der Waals surface area contributed by atoms with Crippen LogP contribution >= 0.6 is 23.2 Å². The van der Waals surface area contributed by atoms with Crippen LogP contribution in [0.5, 0.6) is 5.75 Å². The molecule has 0 bridgehead atoms. The number of hydrogen-bond acceptors (Lipinski definition) is 4. The van der Waals surface area contributed by atoms with Crippen molar-refractivity contribution in [1.29, 1.82) is 0 Å².